The normalized spacial score (nSPS) is 14.4. The molecule has 4 heteroatoms. The summed E-state index contributed by atoms with van der Waals surface area (Å²) in [6.07, 6.45) is 4.79. The second-order valence-corrected chi connectivity index (χ2v) is 4.68. The van der Waals surface area contributed by atoms with Crippen molar-refractivity contribution in [1.82, 2.24) is 9.78 Å². The fourth-order valence-corrected chi connectivity index (χ4v) is 2.05. The lowest BCUT2D eigenvalue weighted by Gasteiger charge is -2.06. The first-order valence-electron chi connectivity index (χ1n) is 6.09. The van der Waals surface area contributed by atoms with Gasteiger partial charge in [-0.25, -0.2) is 4.68 Å². The van der Waals surface area contributed by atoms with E-state index in [-0.39, 0.29) is 0 Å². The summed E-state index contributed by atoms with van der Waals surface area (Å²) in [5.74, 6) is 0.651. The van der Waals surface area contributed by atoms with Gasteiger partial charge in [-0.2, -0.15) is 10.4 Å². The van der Waals surface area contributed by atoms with Crippen molar-refractivity contribution in [2.75, 3.05) is 5.73 Å². The molecule has 4 nitrogen and oxygen atoms in total. The van der Waals surface area contributed by atoms with E-state index in [4.69, 9.17) is 11.0 Å². The van der Waals surface area contributed by atoms with Crippen molar-refractivity contribution in [2.45, 2.75) is 25.2 Å². The highest BCUT2D eigenvalue weighted by Crippen LogP contribution is 2.39. The molecule has 1 aliphatic rings. The van der Waals surface area contributed by atoms with E-state index in [2.05, 4.69) is 17.2 Å². The third-order valence-electron chi connectivity index (χ3n) is 3.27. The van der Waals surface area contributed by atoms with Gasteiger partial charge in [0.05, 0.1) is 23.9 Å². The first kappa shape index (κ1) is 10.8. The van der Waals surface area contributed by atoms with Crippen LogP contribution in [0, 0.1) is 11.3 Å². The van der Waals surface area contributed by atoms with Crippen LogP contribution in [0.15, 0.2) is 30.5 Å². The smallest absolute Gasteiger partial charge is 0.0670 e. The van der Waals surface area contributed by atoms with Crippen molar-refractivity contribution >= 4 is 5.69 Å². The number of hydrogen-bond donors (Lipinski definition) is 1. The minimum Gasteiger partial charge on any atom is -0.398 e. The number of hydrogen-bond acceptors (Lipinski definition) is 3. The SMILES string of the molecule is N#CCc1cc(-n2ccc(C3CC3)n2)ccc1N. The Hall–Kier alpha value is -2.28. The summed E-state index contributed by atoms with van der Waals surface area (Å²) in [6.45, 7) is 0. The largest absolute Gasteiger partial charge is 0.398 e. The summed E-state index contributed by atoms with van der Waals surface area (Å²) in [5.41, 5.74) is 9.48. The molecule has 0 saturated heterocycles. The number of nitrogen functional groups attached to an aromatic ring is 1. The van der Waals surface area contributed by atoms with E-state index < -0.39 is 0 Å². The Morgan fingerprint density at radius 2 is 2.22 bits per heavy atom. The molecule has 0 atom stereocenters. The Morgan fingerprint density at radius 3 is 2.94 bits per heavy atom. The molecule has 0 spiro atoms. The van der Waals surface area contributed by atoms with Crippen LogP contribution < -0.4 is 5.73 Å². The maximum Gasteiger partial charge on any atom is 0.0670 e. The molecule has 1 saturated carbocycles. The molecule has 1 aromatic heterocycles. The van der Waals surface area contributed by atoms with Crippen LogP contribution in [0.1, 0.15) is 30.0 Å². The Balaban J connectivity index is 1.94. The molecule has 0 bridgehead atoms. The minimum atomic E-state index is 0.330. The number of rotatable bonds is 3. The fourth-order valence-electron chi connectivity index (χ4n) is 2.05. The van der Waals surface area contributed by atoms with E-state index in [1.54, 1.807) is 0 Å². The molecule has 1 heterocycles. The van der Waals surface area contributed by atoms with Crippen LogP contribution in [0.3, 0.4) is 0 Å². The van der Waals surface area contributed by atoms with Crippen LogP contribution >= 0.6 is 0 Å². The third-order valence-corrected chi connectivity index (χ3v) is 3.27. The number of benzene rings is 1. The average molecular weight is 238 g/mol. The number of nitrogens with zero attached hydrogens (tertiary/aromatic N) is 3. The predicted octanol–water partition coefficient (Wildman–Crippen LogP) is 2.40. The van der Waals surface area contributed by atoms with Crippen molar-refractivity contribution in [2.24, 2.45) is 0 Å². The Kier molecular flexibility index (Phi) is 2.52. The van der Waals surface area contributed by atoms with Crippen molar-refractivity contribution in [3.05, 3.63) is 41.7 Å². The Bertz CT molecular complexity index is 617. The van der Waals surface area contributed by atoms with E-state index in [1.165, 1.54) is 12.8 Å². The zero-order valence-electron chi connectivity index (χ0n) is 10.0. The molecule has 0 radical (unpaired) electrons. The highest BCUT2D eigenvalue weighted by Gasteiger charge is 2.25. The molecular weight excluding hydrogens is 224 g/mol. The first-order chi connectivity index (χ1) is 8.78. The van der Waals surface area contributed by atoms with Crippen LogP contribution in [-0.4, -0.2) is 9.78 Å². The van der Waals surface area contributed by atoms with E-state index in [9.17, 15) is 0 Å². The summed E-state index contributed by atoms with van der Waals surface area (Å²) in [4.78, 5) is 0. The van der Waals surface area contributed by atoms with Crippen molar-refractivity contribution in [1.29, 1.82) is 5.26 Å². The first-order valence-corrected chi connectivity index (χ1v) is 6.09. The number of nitrogens with two attached hydrogens (primary N) is 1. The predicted molar refractivity (Wildman–Crippen MR) is 69.3 cm³/mol. The quantitative estimate of drug-likeness (QED) is 0.835. The van der Waals surface area contributed by atoms with Crippen LogP contribution in [0.4, 0.5) is 5.69 Å². The minimum absolute atomic E-state index is 0.330. The van der Waals surface area contributed by atoms with Gasteiger partial charge >= 0.3 is 0 Å². The fraction of sp³-hybridized carbons (Fsp3) is 0.286. The van der Waals surface area contributed by atoms with E-state index in [1.807, 2.05) is 29.1 Å². The summed E-state index contributed by atoms with van der Waals surface area (Å²) < 4.78 is 1.86. The van der Waals surface area contributed by atoms with E-state index in [0.29, 0.717) is 18.0 Å². The monoisotopic (exact) mass is 238 g/mol. The number of aromatic nitrogens is 2. The van der Waals surface area contributed by atoms with Crippen molar-refractivity contribution < 1.29 is 0 Å². The van der Waals surface area contributed by atoms with Crippen molar-refractivity contribution in [3.63, 3.8) is 0 Å². The van der Waals surface area contributed by atoms with Gasteiger partial charge < -0.3 is 5.73 Å². The van der Waals surface area contributed by atoms with Crippen LogP contribution in [-0.2, 0) is 6.42 Å². The van der Waals surface area contributed by atoms with Gasteiger partial charge in [-0.3, -0.25) is 0 Å². The third kappa shape index (κ3) is 1.95. The van der Waals surface area contributed by atoms with Crippen LogP contribution in [0.25, 0.3) is 5.69 Å². The van der Waals surface area contributed by atoms with Crippen LogP contribution in [0.2, 0.25) is 0 Å². The molecule has 2 N–H and O–H groups in total. The lowest BCUT2D eigenvalue weighted by Crippen LogP contribution is -2.00. The van der Waals surface area contributed by atoms with E-state index in [0.717, 1.165) is 16.9 Å². The van der Waals surface area contributed by atoms with Gasteiger partial charge in [0.15, 0.2) is 0 Å². The average Bonchev–Trinajstić information content (AvgIpc) is 3.11. The molecule has 1 fully saturated rings. The summed E-state index contributed by atoms with van der Waals surface area (Å²) >= 11 is 0. The van der Waals surface area contributed by atoms with Crippen LogP contribution in [0.5, 0.6) is 0 Å². The van der Waals surface area contributed by atoms with Gasteiger partial charge in [0.2, 0.25) is 0 Å². The Labute approximate surface area is 106 Å². The molecule has 0 aliphatic heterocycles. The second kappa shape index (κ2) is 4.19. The molecule has 90 valence electrons. The highest BCUT2D eigenvalue weighted by molar-refractivity contribution is 5.53. The second-order valence-electron chi connectivity index (χ2n) is 4.68. The molecule has 1 aromatic carbocycles. The van der Waals surface area contributed by atoms with Gasteiger partial charge in [0.1, 0.15) is 0 Å². The maximum absolute atomic E-state index is 8.76. The highest BCUT2D eigenvalue weighted by atomic mass is 15.3. The standard InChI is InChI=1S/C14H14N4/c15-7-5-11-9-12(3-4-13(11)16)18-8-6-14(17-18)10-1-2-10/h3-4,6,8-10H,1-2,5,16H2. The lowest BCUT2D eigenvalue weighted by molar-refractivity contribution is 0.836. The molecule has 2 aromatic rings. The van der Waals surface area contributed by atoms with Gasteiger partial charge in [0, 0.05) is 17.8 Å². The molecule has 1 aliphatic carbocycles. The molecule has 3 rings (SSSR count). The topological polar surface area (TPSA) is 67.6 Å². The lowest BCUT2D eigenvalue weighted by atomic mass is 10.1. The molecule has 18 heavy (non-hydrogen) atoms. The van der Waals surface area contributed by atoms with Crippen molar-refractivity contribution in [3.8, 4) is 11.8 Å². The van der Waals surface area contributed by atoms with Gasteiger partial charge in [0.25, 0.3) is 0 Å². The zero-order valence-corrected chi connectivity index (χ0v) is 10.0. The Morgan fingerprint density at radius 1 is 1.39 bits per heavy atom. The molecular formula is C14H14N4. The molecule has 0 amide bonds. The summed E-state index contributed by atoms with van der Waals surface area (Å²) in [6, 6.07) is 9.89. The number of nitriles is 1. The number of anilines is 1. The van der Waals surface area contributed by atoms with E-state index >= 15 is 0 Å². The van der Waals surface area contributed by atoms with Gasteiger partial charge in [-0.1, -0.05) is 0 Å². The molecule has 0 unspecified atom stereocenters. The van der Waals surface area contributed by atoms with Gasteiger partial charge in [-0.15, -0.1) is 0 Å². The summed E-state index contributed by atoms with van der Waals surface area (Å²) in [5, 5.41) is 13.3. The maximum atomic E-state index is 8.76. The zero-order chi connectivity index (χ0) is 12.5. The summed E-state index contributed by atoms with van der Waals surface area (Å²) in [7, 11) is 0. The van der Waals surface area contributed by atoms with Gasteiger partial charge in [-0.05, 0) is 42.7 Å².